The fourth-order valence-corrected chi connectivity index (χ4v) is 1.81. The van der Waals surface area contributed by atoms with Gasteiger partial charge in [-0.05, 0) is 29.5 Å². The van der Waals surface area contributed by atoms with Gasteiger partial charge < -0.3 is 0 Å². The highest BCUT2D eigenvalue weighted by Crippen LogP contribution is 2.07. The Morgan fingerprint density at radius 1 is 1.62 bits per heavy atom. The molecule has 0 saturated carbocycles. The van der Waals surface area contributed by atoms with Crippen LogP contribution in [0.15, 0.2) is 6.20 Å². The summed E-state index contributed by atoms with van der Waals surface area (Å²) in [6.07, 6.45) is 3.08. The quantitative estimate of drug-likeness (QED) is 0.777. The minimum absolute atomic E-state index is 0.143. The van der Waals surface area contributed by atoms with E-state index in [4.69, 9.17) is 0 Å². The zero-order chi connectivity index (χ0) is 10.1. The molecule has 0 aliphatic carbocycles. The van der Waals surface area contributed by atoms with Crippen LogP contribution < -0.4 is 0 Å². The first kappa shape index (κ1) is 11.0. The minimum Gasteiger partial charge on any atom is -0.270 e. The second-order valence-corrected chi connectivity index (χ2v) is 6.28. The van der Waals surface area contributed by atoms with Crippen molar-refractivity contribution in [3.05, 3.63) is 15.5 Å². The monoisotopic (exact) mass is 314 g/mol. The molecule has 0 unspecified atom stereocenters. The van der Waals surface area contributed by atoms with Gasteiger partial charge in [-0.2, -0.15) is 5.10 Å². The number of halogens is 1. The summed E-state index contributed by atoms with van der Waals surface area (Å²) in [6.45, 7) is 2.38. The van der Waals surface area contributed by atoms with Gasteiger partial charge in [-0.25, -0.2) is 8.42 Å². The lowest BCUT2D eigenvalue weighted by Gasteiger charge is -1.98. The molecule has 0 aliphatic heterocycles. The maximum absolute atomic E-state index is 10.9. The number of sulfone groups is 1. The lowest BCUT2D eigenvalue weighted by molar-refractivity contribution is 0.585. The Bertz CT molecular complexity index is 377. The summed E-state index contributed by atoms with van der Waals surface area (Å²) >= 11 is 2.12. The highest BCUT2D eigenvalue weighted by Gasteiger charge is 2.05. The zero-order valence-electron chi connectivity index (χ0n) is 7.49. The third-order valence-electron chi connectivity index (χ3n) is 1.58. The Labute approximate surface area is 91.4 Å². The first-order valence-electron chi connectivity index (χ1n) is 3.76. The Hall–Kier alpha value is -0.110. The van der Waals surface area contributed by atoms with Crippen molar-refractivity contribution in [2.45, 2.75) is 13.5 Å². The smallest absolute Gasteiger partial charge is 0.149 e. The molecule has 0 fully saturated rings. The molecule has 0 radical (unpaired) electrons. The predicted octanol–water partition coefficient (Wildman–Crippen LogP) is 0.841. The number of hydrogen-bond acceptors (Lipinski definition) is 3. The van der Waals surface area contributed by atoms with Crippen molar-refractivity contribution in [1.82, 2.24) is 9.78 Å². The van der Waals surface area contributed by atoms with Crippen LogP contribution in [0.1, 0.15) is 5.56 Å². The van der Waals surface area contributed by atoms with Crippen LogP contribution >= 0.6 is 22.6 Å². The van der Waals surface area contributed by atoms with E-state index in [-0.39, 0.29) is 5.75 Å². The first-order chi connectivity index (χ1) is 5.88. The molecule has 13 heavy (non-hydrogen) atoms. The molecule has 1 aromatic heterocycles. The highest BCUT2D eigenvalue weighted by molar-refractivity contribution is 14.1. The van der Waals surface area contributed by atoms with E-state index in [0.717, 1.165) is 9.26 Å². The van der Waals surface area contributed by atoms with Crippen LogP contribution in [0.4, 0.5) is 0 Å². The normalized spacial score (nSPS) is 11.9. The fraction of sp³-hybridized carbons (Fsp3) is 0.571. The molecule has 0 bridgehead atoms. The van der Waals surface area contributed by atoms with E-state index >= 15 is 0 Å². The van der Waals surface area contributed by atoms with Crippen LogP contribution in [-0.4, -0.2) is 30.2 Å². The van der Waals surface area contributed by atoms with Gasteiger partial charge >= 0.3 is 0 Å². The minimum atomic E-state index is -2.89. The molecule has 1 aromatic rings. The van der Waals surface area contributed by atoms with Crippen molar-refractivity contribution in [1.29, 1.82) is 0 Å². The fourth-order valence-electron chi connectivity index (χ4n) is 0.871. The summed E-state index contributed by atoms with van der Waals surface area (Å²) in [7, 11) is -2.89. The van der Waals surface area contributed by atoms with Gasteiger partial charge in [0.2, 0.25) is 0 Å². The van der Waals surface area contributed by atoms with Crippen LogP contribution in [0.25, 0.3) is 0 Å². The van der Waals surface area contributed by atoms with E-state index in [1.165, 1.54) is 6.26 Å². The summed E-state index contributed by atoms with van der Waals surface area (Å²) in [6, 6.07) is 0. The Balaban J connectivity index is 2.66. The molecular formula is C7H11IN2O2S. The molecule has 0 amide bonds. The largest absolute Gasteiger partial charge is 0.270 e. The summed E-state index contributed by atoms with van der Waals surface area (Å²) < 4.78 is 24.3. The molecule has 74 valence electrons. The predicted molar refractivity (Wildman–Crippen MR) is 59.4 cm³/mol. The maximum atomic E-state index is 10.9. The standard InChI is InChI=1S/C7H11IN2O2S/c1-6-5-10(9-7(6)8)3-4-13(2,11)12/h5H,3-4H2,1-2H3. The third-order valence-corrected chi connectivity index (χ3v) is 3.57. The van der Waals surface area contributed by atoms with Crippen molar-refractivity contribution in [3.8, 4) is 0 Å². The van der Waals surface area contributed by atoms with Gasteiger partial charge in [0.1, 0.15) is 13.5 Å². The summed E-state index contributed by atoms with van der Waals surface area (Å²) in [5.41, 5.74) is 1.08. The SMILES string of the molecule is Cc1cn(CCS(C)(=O)=O)nc1I. The molecular weight excluding hydrogens is 303 g/mol. The van der Waals surface area contributed by atoms with Gasteiger partial charge in [0, 0.05) is 18.0 Å². The highest BCUT2D eigenvalue weighted by atomic mass is 127. The average Bonchev–Trinajstić information content (AvgIpc) is 2.27. The van der Waals surface area contributed by atoms with Gasteiger partial charge in [-0.15, -0.1) is 0 Å². The zero-order valence-corrected chi connectivity index (χ0v) is 10.5. The average molecular weight is 314 g/mol. The van der Waals surface area contributed by atoms with Gasteiger partial charge in [0.25, 0.3) is 0 Å². The van der Waals surface area contributed by atoms with Crippen LogP contribution in [0.3, 0.4) is 0 Å². The summed E-state index contributed by atoms with van der Waals surface area (Å²) in [5.74, 6) is 0.143. The molecule has 0 atom stereocenters. The van der Waals surface area contributed by atoms with Gasteiger partial charge in [-0.1, -0.05) is 0 Å². The van der Waals surface area contributed by atoms with E-state index in [2.05, 4.69) is 27.7 Å². The summed E-state index contributed by atoms with van der Waals surface area (Å²) in [5, 5.41) is 4.15. The van der Waals surface area contributed by atoms with Crippen LogP contribution in [0.2, 0.25) is 0 Å². The van der Waals surface area contributed by atoms with Crippen LogP contribution in [0.5, 0.6) is 0 Å². The molecule has 0 spiro atoms. The van der Waals surface area contributed by atoms with E-state index < -0.39 is 9.84 Å². The first-order valence-corrected chi connectivity index (χ1v) is 6.90. The Morgan fingerprint density at radius 2 is 2.23 bits per heavy atom. The van der Waals surface area contributed by atoms with Gasteiger partial charge in [0.05, 0.1) is 12.3 Å². The second-order valence-electron chi connectivity index (χ2n) is 3.00. The number of rotatable bonds is 3. The molecule has 4 nitrogen and oxygen atoms in total. The molecule has 6 heteroatoms. The Morgan fingerprint density at radius 3 is 2.62 bits per heavy atom. The third kappa shape index (κ3) is 3.63. The molecule has 0 aliphatic rings. The van der Waals surface area contributed by atoms with Gasteiger partial charge in [-0.3, -0.25) is 4.68 Å². The molecule has 1 rings (SSSR count). The van der Waals surface area contributed by atoms with Crippen molar-refractivity contribution in [2.24, 2.45) is 0 Å². The van der Waals surface area contributed by atoms with Crippen LogP contribution in [0, 0.1) is 10.6 Å². The van der Waals surface area contributed by atoms with E-state index in [0.29, 0.717) is 6.54 Å². The molecule has 0 aromatic carbocycles. The van der Waals surface area contributed by atoms with E-state index in [9.17, 15) is 8.42 Å². The van der Waals surface area contributed by atoms with Gasteiger partial charge in [0.15, 0.2) is 0 Å². The lowest BCUT2D eigenvalue weighted by Crippen LogP contribution is -2.11. The number of nitrogens with zero attached hydrogens (tertiary/aromatic N) is 2. The number of aryl methyl sites for hydroxylation is 2. The topological polar surface area (TPSA) is 52.0 Å². The molecule has 0 saturated heterocycles. The molecule has 1 heterocycles. The van der Waals surface area contributed by atoms with Crippen molar-refractivity contribution >= 4 is 32.4 Å². The Kier molecular flexibility index (Phi) is 3.33. The number of aromatic nitrogens is 2. The van der Waals surface area contributed by atoms with E-state index in [1.54, 1.807) is 4.68 Å². The number of hydrogen-bond donors (Lipinski definition) is 0. The summed E-state index contributed by atoms with van der Waals surface area (Å²) in [4.78, 5) is 0. The molecule has 0 N–H and O–H groups in total. The van der Waals surface area contributed by atoms with Crippen molar-refractivity contribution in [2.75, 3.05) is 12.0 Å². The van der Waals surface area contributed by atoms with E-state index in [1.807, 2.05) is 13.1 Å². The maximum Gasteiger partial charge on any atom is 0.149 e. The second kappa shape index (κ2) is 3.95. The lowest BCUT2D eigenvalue weighted by atomic mass is 10.4. The van der Waals surface area contributed by atoms with Crippen molar-refractivity contribution in [3.63, 3.8) is 0 Å². The van der Waals surface area contributed by atoms with Crippen molar-refractivity contribution < 1.29 is 8.42 Å². The van der Waals surface area contributed by atoms with Crippen LogP contribution in [-0.2, 0) is 16.4 Å².